The molecule has 4 rings (SSSR count). The van der Waals surface area contributed by atoms with Crippen LogP contribution in [0.5, 0.6) is 0 Å². The molecule has 2 heterocycles. The molecule has 2 aromatic heterocycles. The van der Waals surface area contributed by atoms with Crippen LogP contribution in [0, 0.1) is 6.92 Å². The largest absolute Gasteiger partial charge is 0.441 e. The van der Waals surface area contributed by atoms with Crippen molar-refractivity contribution in [1.29, 1.82) is 0 Å². The minimum Gasteiger partial charge on any atom is -0.441 e. The van der Waals surface area contributed by atoms with Crippen LogP contribution in [0.2, 0.25) is 0 Å². The van der Waals surface area contributed by atoms with E-state index in [1.54, 1.807) is 40.7 Å². The number of hydrogen-bond acceptors (Lipinski definition) is 4. The molecule has 0 aliphatic rings. The summed E-state index contributed by atoms with van der Waals surface area (Å²) < 4.78 is 7.39. The zero-order chi connectivity index (χ0) is 23.4. The average molecular weight is 445 g/mol. The fourth-order valence-electron chi connectivity index (χ4n) is 4.00. The molecular formula is C26H28N4O3. The Balaban J connectivity index is 1.49. The van der Waals surface area contributed by atoms with Crippen LogP contribution in [0.25, 0.3) is 11.1 Å². The average Bonchev–Trinajstić information content (AvgIpc) is 3.41. The number of aromatic nitrogens is 2. The number of carbonyl (C=O) groups excluding carboxylic acids is 2. The summed E-state index contributed by atoms with van der Waals surface area (Å²) in [6.45, 7) is 2.24. The zero-order valence-electron chi connectivity index (χ0n) is 19.1. The molecule has 1 N–H and O–H groups in total. The van der Waals surface area contributed by atoms with Crippen LogP contribution in [0.15, 0.2) is 71.3 Å². The lowest BCUT2D eigenvalue weighted by atomic mass is 10.0. The van der Waals surface area contributed by atoms with E-state index in [4.69, 9.17) is 4.42 Å². The van der Waals surface area contributed by atoms with Crippen LogP contribution >= 0.6 is 0 Å². The van der Waals surface area contributed by atoms with E-state index >= 15 is 0 Å². The van der Waals surface area contributed by atoms with Crippen molar-refractivity contribution in [3.05, 3.63) is 89.6 Å². The number of likely N-dealkylation sites (N-methyl/N-ethyl adjacent to an activating group) is 1. The number of hydrogen-bond donors (Lipinski definition) is 1. The number of rotatable bonds is 8. The molecule has 2 amide bonds. The molecule has 0 aliphatic heterocycles. The summed E-state index contributed by atoms with van der Waals surface area (Å²) in [7, 11) is 3.65. The molecular weight excluding hydrogens is 416 g/mol. The first-order valence-corrected chi connectivity index (χ1v) is 11.0. The van der Waals surface area contributed by atoms with E-state index < -0.39 is 0 Å². The third kappa shape index (κ3) is 5.14. The number of amides is 2. The van der Waals surface area contributed by atoms with Crippen molar-refractivity contribution < 1.29 is 14.0 Å². The molecule has 33 heavy (non-hydrogen) atoms. The van der Waals surface area contributed by atoms with Gasteiger partial charge in [-0.1, -0.05) is 30.3 Å². The van der Waals surface area contributed by atoms with Gasteiger partial charge in [0.1, 0.15) is 11.2 Å². The van der Waals surface area contributed by atoms with E-state index in [9.17, 15) is 9.59 Å². The molecule has 0 bridgehead atoms. The maximum Gasteiger partial charge on any atom is 0.267 e. The lowest BCUT2D eigenvalue weighted by Crippen LogP contribution is -2.41. The van der Waals surface area contributed by atoms with E-state index in [-0.39, 0.29) is 17.9 Å². The van der Waals surface area contributed by atoms with Gasteiger partial charge in [-0.3, -0.25) is 9.59 Å². The number of fused-ring (bicyclic) bond motifs is 1. The monoisotopic (exact) mass is 444 g/mol. The number of oxazole rings is 1. The second kappa shape index (κ2) is 9.73. The first-order valence-electron chi connectivity index (χ1n) is 11.0. The zero-order valence-corrected chi connectivity index (χ0v) is 19.1. The quantitative estimate of drug-likeness (QED) is 0.446. The minimum absolute atomic E-state index is 0.0965. The molecule has 1 atom stereocenters. The molecule has 4 aromatic rings. The summed E-state index contributed by atoms with van der Waals surface area (Å²) in [5.41, 5.74) is 3.62. The van der Waals surface area contributed by atoms with Crippen molar-refractivity contribution in [3.8, 4) is 0 Å². The van der Waals surface area contributed by atoms with Crippen molar-refractivity contribution >= 4 is 22.9 Å². The highest BCUT2D eigenvalue weighted by atomic mass is 16.3. The van der Waals surface area contributed by atoms with E-state index in [1.807, 2.05) is 44.6 Å². The van der Waals surface area contributed by atoms with Gasteiger partial charge in [0, 0.05) is 45.4 Å². The smallest absolute Gasteiger partial charge is 0.267 e. The van der Waals surface area contributed by atoms with Gasteiger partial charge in [-0.15, -0.1) is 0 Å². The molecule has 0 saturated carbocycles. The summed E-state index contributed by atoms with van der Waals surface area (Å²) in [6, 6.07) is 18.9. The van der Waals surface area contributed by atoms with Crippen molar-refractivity contribution in [2.45, 2.75) is 25.8 Å². The van der Waals surface area contributed by atoms with Gasteiger partial charge in [-0.25, -0.2) is 4.98 Å². The molecule has 0 aliphatic carbocycles. The molecule has 2 aromatic carbocycles. The van der Waals surface area contributed by atoms with Crippen molar-refractivity contribution in [3.63, 3.8) is 0 Å². The van der Waals surface area contributed by atoms with Gasteiger partial charge < -0.3 is 19.2 Å². The molecule has 0 radical (unpaired) electrons. The molecule has 0 spiro atoms. The normalized spacial score (nSPS) is 12.0. The minimum atomic E-state index is -0.124. The molecule has 0 unspecified atom stereocenters. The lowest BCUT2D eigenvalue weighted by molar-refractivity contribution is 0.0723. The third-order valence-electron chi connectivity index (χ3n) is 5.86. The number of carbonyl (C=O) groups is 2. The van der Waals surface area contributed by atoms with Crippen LogP contribution < -0.4 is 5.32 Å². The second-order valence-corrected chi connectivity index (χ2v) is 8.22. The van der Waals surface area contributed by atoms with Crippen LogP contribution in [-0.2, 0) is 13.5 Å². The van der Waals surface area contributed by atoms with Gasteiger partial charge in [-0.05, 0) is 48.7 Å². The topological polar surface area (TPSA) is 80.4 Å². The fraction of sp³-hybridized carbons (Fsp3) is 0.269. The summed E-state index contributed by atoms with van der Waals surface area (Å²) in [5, 5.41) is 2.98. The van der Waals surface area contributed by atoms with E-state index in [0.29, 0.717) is 42.1 Å². The maximum absolute atomic E-state index is 13.3. The predicted molar refractivity (Wildman–Crippen MR) is 127 cm³/mol. The Morgan fingerprint density at radius 2 is 1.91 bits per heavy atom. The Morgan fingerprint density at radius 1 is 1.12 bits per heavy atom. The Kier molecular flexibility index (Phi) is 6.58. The standard InChI is InChI=1S/C26H28N4O3/c1-18-28-22-12-11-20(17-24(22)33-18)26(32)30(3)21(16-19-8-5-4-6-9-19)13-14-27-25(31)23-10-7-15-29(23)2/h4-12,15,17,21H,13-14,16H2,1-3H3,(H,27,31)/t21-/m1/s1. The predicted octanol–water partition coefficient (Wildman–Crippen LogP) is 3.98. The van der Waals surface area contributed by atoms with Gasteiger partial charge in [0.15, 0.2) is 11.5 Å². The Morgan fingerprint density at radius 3 is 2.64 bits per heavy atom. The van der Waals surface area contributed by atoms with Crippen LogP contribution in [0.3, 0.4) is 0 Å². The van der Waals surface area contributed by atoms with Gasteiger partial charge in [0.25, 0.3) is 11.8 Å². The van der Waals surface area contributed by atoms with Gasteiger partial charge >= 0.3 is 0 Å². The Labute approximate surface area is 193 Å². The van der Waals surface area contributed by atoms with Crippen molar-refractivity contribution in [2.75, 3.05) is 13.6 Å². The molecule has 7 heteroatoms. The number of aryl methyl sites for hydroxylation is 2. The van der Waals surface area contributed by atoms with Crippen LogP contribution in [0.4, 0.5) is 0 Å². The highest BCUT2D eigenvalue weighted by Crippen LogP contribution is 2.20. The van der Waals surface area contributed by atoms with Crippen molar-refractivity contribution in [2.24, 2.45) is 7.05 Å². The van der Waals surface area contributed by atoms with Gasteiger partial charge in [0.2, 0.25) is 0 Å². The second-order valence-electron chi connectivity index (χ2n) is 8.22. The fourth-order valence-corrected chi connectivity index (χ4v) is 4.00. The summed E-state index contributed by atoms with van der Waals surface area (Å²) in [5.74, 6) is 0.348. The summed E-state index contributed by atoms with van der Waals surface area (Å²) >= 11 is 0. The first kappa shape index (κ1) is 22.3. The van der Waals surface area contributed by atoms with Crippen molar-refractivity contribution in [1.82, 2.24) is 19.8 Å². The number of nitrogens with zero attached hydrogens (tertiary/aromatic N) is 3. The van der Waals surface area contributed by atoms with E-state index in [0.717, 1.165) is 11.1 Å². The van der Waals surface area contributed by atoms with Crippen LogP contribution in [0.1, 0.15) is 38.7 Å². The molecule has 0 saturated heterocycles. The van der Waals surface area contributed by atoms with Crippen LogP contribution in [-0.4, -0.2) is 45.9 Å². The van der Waals surface area contributed by atoms with E-state index in [1.165, 1.54) is 0 Å². The van der Waals surface area contributed by atoms with Gasteiger partial charge in [-0.2, -0.15) is 0 Å². The molecule has 7 nitrogen and oxygen atoms in total. The third-order valence-corrected chi connectivity index (χ3v) is 5.86. The summed E-state index contributed by atoms with van der Waals surface area (Å²) in [4.78, 5) is 31.9. The Bertz CT molecular complexity index is 1260. The molecule has 170 valence electrons. The number of benzene rings is 2. The maximum atomic E-state index is 13.3. The summed E-state index contributed by atoms with van der Waals surface area (Å²) in [6.07, 6.45) is 3.15. The number of nitrogens with one attached hydrogen (secondary N) is 1. The SMILES string of the molecule is Cc1nc2ccc(C(=O)N(C)[C@H](CCNC(=O)c3cccn3C)Cc3ccccc3)cc2o1. The highest BCUT2D eigenvalue weighted by Gasteiger charge is 2.23. The molecule has 0 fully saturated rings. The highest BCUT2D eigenvalue weighted by molar-refractivity contribution is 5.97. The first-order chi connectivity index (χ1) is 15.9. The Hall–Kier alpha value is -3.87. The lowest BCUT2D eigenvalue weighted by Gasteiger charge is -2.29. The van der Waals surface area contributed by atoms with E-state index in [2.05, 4.69) is 22.4 Å². The van der Waals surface area contributed by atoms with Gasteiger partial charge in [0.05, 0.1) is 0 Å².